The second-order valence-electron chi connectivity index (χ2n) is 6.16. The van der Waals surface area contributed by atoms with Crippen LogP contribution in [0.1, 0.15) is 30.9 Å². The lowest BCUT2D eigenvalue weighted by Crippen LogP contribution is -2.29. The smallest absolute Gasteiger partial charge is 0.238 e. The fourth-order valence-corrected chi connectivity index (χ4v) is 2.63. The summed E-state index contributed by atoms with van der Waals surface area (Å²) in [6, 6.07) is 9.76. The molecule has 4 N–H and O–H groups in total. The zero-order chi connectivity index (χ0) is 19.8. The van der Waals surface area contributed by atoms with Crippen LogP contribution in [0.25, 0.3) is 0 Å². The first-order valence-electron chi connectivity index (χ1n) is 8.71. The molecule has 0 saturated carbocycles. The summed E-state index contributed by atoms with van der Waals surface area (Å²) in [5.41, 5.74) is 7.50. The number of nitrogens with one attached hydrogen (secondary N) is 2. The van der Waals surface area contributed by atoms with Crippen LogP contribution in [0.4, 0.5) is 17.5 Å². The highest BCUT2D eigenvalue weighted by molar-refractivity contribution is 5.77. The van der Waals surface area contributed by atoms with Crippen LogP contribution in [0.15, 0.2) is 24.3 Å². The third-order valence-electron chi connectivity index (χ3n) is 4.01. The van der Waals surface area contributed by atoms with Crippen molar-refractivity contribution in [3.63, 3.8) is 0 Å². The Morgan fingerprint density at radius 2 is 2.19 bits per heavy atom. The van der Waals surface area contributed by atoms with Crippen LogP contribution >= 0.6 is 0 Å². The zero-order valence-corrected chi connectivity index (χ0v) is 15.7. The lowest BCUT2D eigenvalue weighted by atomic mass is 10.0. The number of methoxy groups -OCH3 is 1. The van der Waals surface area contributed by atoms with Crippen LogP contribution in [-0.4, -0.2) is 29.5 Å². The Balaban J connectivity index is 2.31. The molecule has 0 radical (unpaired) electrons. The topological polar surface area (TPSA) is 126 Å². The zero-order valence-electron chi connectivity index (χ0n) is 15.7. The molecule has 27 heavy (non-hydrogen) atoms. The summed E-state index contributed by atoms with van der Waals surface area (Å²) in [5, 5.41) is 15.6. The Morgan fingerprint density at radius 3 is 2.78 bits per heavy atom. The number of benzene rings is 1. The number of nitriles is 1. The molecule has 2 rings (SSSR count). The van der Waals surface area contributed by atoms with E-state index in [1.54, 1.807) is 0 Å². The van der Waals surface area contributed by atoms with E-state index in [0.717, 1.165) is 17.7 Å². The molecule has 142 valence electrons. The molecule has 8 heteroatoms. The van der Waals surface area contributed by atoms with Crippen LogP contribution in [0.2, 0.25) is 0 Å². The molecule has 1 amide bonds. The maximum absolute atomic E-state index is 11.5. The second-order valence-corrected chi connectivity index (χ2v) is 6.16. The summed E-state index contributed by atoms with van der Waals surface area (Å²) in [6.45, 7) is 4.27. The molecular weight excluding hydrogens is 344 g/mol. The number of hydrogen-bond donors (Lipinski definition) is 3. The van der Waals surface area contributed by atoms with Gasteiger partial charge in [0.1, 0.15) is 6.07 Å². The van der Waals surface area contributed by atoms with E-state index in [1.165, 1.54) is 7.11 Å². The summed E-state index contributed by atoms with van der Waals surface area (Å²) in [7, 11) is 1.44. The summed E-state index contributed by atoms with van der Waals surface area (Å²) in [5.74, 6) is 0.0275. The first-order chi connectivity index (χ1) is 13.0. The minimum atomic E-state index is -0.372. The molecule has 1 heterocycles. The number of rotatable bonds is 9. The highest BCUT2D eigenvalue weighted by Gasteiger charge is 2.18. The van der Waals surface area contributed by atoms with Crippen LogP contribution in [0.5, 0.6) is 5.88 Å². The van der Waals surface area contributed by atoms with Gasteiger partial charge in [-0.3, -0.25) is 4.79 Å². The number of primary amides is 1. The average Bonchev–Trinajstić information content (AvgIpc) is 2.64. The molecule has 1 atom stereocenters. The molecule has 1 aromatic carbocycles. The van der Waals surface area contributed by atoms with Gasteiger partial charge < -0.3 is 21.1 Å². The maximum atomic E-state index is 11.5. The molecule has 8 nitrogen and oxygen atoms in total. The highest BCUT2D eigenvalue weighted by Crippen LogP contribution is 2.27. The van der Waals surface area contributed by atoms with E-state index in [2.05, 4.69) is 26.7 Å². The summed E-state index contributed by atoms with van der Waals surface area (Å²) in [4.78, 5) is 20.1. The van der Waals surface area contributed by atoms with E-state index in [0.29, 0.717) is 18.8 Å². The fourth-order valence-electron chi connectivity index (χ4n) is 2.63. The number of nitrogens with two attached hydrogens (primary N) is 1. The highest BCUT2D eigenvalue weighted by atomic mass is 16.5. The van der Waals surface area contributed by atoms with Crippen LogP contribution in [-0.2, 0) is 4.79 Å². The number of ether oxygens (including phenoxy) is 1. The van der Waals surface area contributed by atoms with Gasteiger partial charge in [-0.1, -0.05) is 25.5 Å². The molecule has 0 unspecified atom stereocenters. The normalized spacial score (nSPS) is 11.3. The third-order valence-corrected chi connectivity index (χ3v) is 4.01. The molecule has 0 aliphatic heterocycles. The number of anilines is 3. The van der Waals surface area contributed by atoms with Gasteiger partial charge >= 0.3 is 0 Å². The van der Waals surface area contributed by atoms with Crippen molar-refractivity contribution in [1.29, 1.82) is 5.26 Å². The summed E-state index contributed by atoms with van der Waals surface area (Å²) < 4.78 is 5.24. The molecule has 0 spiro atoms. The maximum Gasteiger partial charge on any atom is 0.238 e. The molecule has 1 aromatic heterocycles. The fraction of sp³-hybridized carbons (Fsp3) is 0.368. The number of nitrogens with zero attached hydrogens (tertiary/aromatic N) is 3. The number of aryl methyl sites for hydroxylation is 1. The van der Waals surface area contributed by atoms with Crippen molar-refractivity contribution in [1.82, 2.24) is 9.97 Å². The molecule has 0 fully saturated rings. The molecule has 0 saturated heterocycles. The Bertz CT molecular complexity index is 847. The van der Waals surface area contributed by atoms with Crippen molar-refractivity contribution in [3.8, 4) is 11.9 Å². The molecule has 0 bridgehead atoms. The van der Waals surface area contributed by atoms with Crippen molar-refractivity contribution >= 4 is 23.4 Å². The quantitative estimate of drug-likeness (QED) is 0.621. The largest absolute Gasteiger partial charge is 0.480 e. The van der Waals surface area contributed by atoms with E-state index in [-0.39, 0.29) is 29.2 Å². The Kier molecular flexibility index (Phi) is 6.94. The second kappa shape index (κ2) is 9.38. The standard InChI is InChI=1S/C19H24N6O2/c1-4-6-13(16(21)26)11-22-19-24-17(15(10-20)18(25-19)27-3)23-14-8-5-7-12(2)9-14/h5,7-9,13H,4,6,11H2,1-3H3,(H2,21,26)(H2,22,23,24,25)/t13-/m1/s1. The first-order valence-corrected chi connectivity index (χ1v) is 8.71. The van der Waals surface area contributed by atoms with Crippen LogP contribution < -0.4 is 21.1 Å². The van der Waals surface area contributed by atoms with Gasteiger partial charge in [0.05, 0.1) is 13.0 Å². The SMILES string of the molecule is CCC[C@H](CNc1nc(Nc2cccc(C)c2)c(C#N)c(OC)n1)C(N)=O. The van der Waals surface area contributed by atoms with Gasteiger partial charge in [-0.25, -0.2) is 0 Å². The van der Waals surface area contributed by atoms with Crippen molar-refractivity contribution < 1.29 is 9.53 Å². The van der Waals surface area contributed by atoms with Gasteiger partial charge in [0, 0.05) is 12.2 Å². The van der Waals surface area contributed by atoms with Crippen molar-refractivity contribution in [2.45, 2.75) is 26.7 Å². The molecule has 0 aliphatic rings. The van der Waals surface area contributed by atoms with Crippen LogP contribution in [0, 0.1) is 24.2 Å². The Morgan fingerprint density at radius 1 is 1.41 bits per heavy atom. The van der Waals surface area contributed by atoms with Gasteiger partial charge in [0.15, 0.2) is 11.4 Å². The summed E-state index contributed by atoms with van der Waals surface area (Å²) >= 11 is 0. The number of aromatic nitrogens is 2. The predicted molar refractivity (Wildman–Crippen MR) is 104 cm³/mol. The van der Waals surface area contributed by atoms with Gasteiger partial charge in [0.25, 0.3) is 0 Å². The number of carbonyl (C=O) groups excluding carboxylic acids is 1. The first kappa shape index (κ1) is 20.0. The van der Waals surface area contributed by atoms with Gasteiger partial charge in [-0.15, -0.1) is 0 Å². The van der Waals surface area contributed by atoms with E-state index in [4.69, 9.17) is 10.5 Å². The van der Waals surface area contributed by atoms with E-state index >= 15 is 0 Å². The van der Waals surface area contributed by atoms with E-state index in [9.17, 15) is 10.1 Å². The Labute approximate surface area is 158 Å². The minimum absolute atomic E-state index is 0.149. The van der Waals surface area contributed by atoms with Gasteiger partial charge in [-0.2, -0.15) is 15.2 Å². The van der Waals surface area contributed by atoms with Crippen LogP contribution in [0.3, 0.4) is 0 Å². The number of amides is 1. The molecule has 2 aromatic rings. The lowest BCUT2D eigenvalue weighted by molar-refractivity contribution is -0.121. The van der Waals surface area contributed by atoms with Gasteiger partial charge in [0.2, 0.25) is 17.7 Å². The summed E-state index contributed by atoms with van der Waals surface area (Å²) in [6.07, 6.45) is 1.51. The molecular formula is C19H24N6O2. The molecule has 0 aliphatic carbocycles. The van der Waals surface area contributed by atoms with Crippen molar-refractivity contribution in [2.24, 2.45) is 11.7 Å². The van der Waals surface area contributed by atoms with E-state index in [1.807, 2.05) is 38.1 Å². The van der Waals surface area contributed by atoms with Gasteiger partial charge in [-0.05, 0) is 31.0 Å². The third kappa shape index (κ3) is 5.31. The number of hydrogen-bond acceptors (Lipinski definition) is 7. The lowest BCUT2D eigenvalue weighted by Gasteiger charge is -2.15. The predicted octanol–water partition coefficient (Wildman–Crippen LogP) is 2.72. The monoisotopic (exact) mass is 368 g/mol. The van der Waals surface area contributed by atoms with Crippen molar-refractivity contribution in [2.75, 3.05) is 24.3 Å². The average molecular weight is 368 g/mol. The minimum Gasteiger partial charge on any atom is -0.480 e. The van der Waals surface area contributed by atoms with Crippen molar-refractivity contribution in [3.05, 3.63) is 35.4 Å². The van der Waals surface area contributed by atoms with E-state index < -0.39 is 0 Å². The number of carbonyl (C=O) groups is 1. The Hall–Kier alpha value is -3.34.